The van der Waals surface area contributed by atoms with Crippen molar-refractivity contribution in [2.45, 2.75) is 27.2 Å². The molecule has 0 bridgehead atoms. The second-order valence-electron chi connectivity index (χ2n) is 4.78. The molecule has 1 aromatic heterocycles. The third-order valence-electron chi connectivity index (χ3n) is 2.49. The van der Waals surface area contributed by atoms with Gasteiger partial charge in [-0.15, -0.1) is 0 Å². The molecule has 20 heavy (non-hydrogen) atoms. The Balaban J connectivity index is 3.13. The first kappa shape index (κ1) is 16.1. The minimum absolute atomic E-state index is 0.151. The van der Waals surface area contributed by atoms with Gasteiger partial charge in [-0.3, -0.25) is 4.79 Å². The summed E-state index contributed by atoms with van der Waals surface area (Å²) in [4.78, 5) is 28.7. The van der Waals surface area contributed by atoms with Crippen LogP contribution in [-0.4, -0.2) is 34.9 Å². The Morgan fingerprint density at radius 2 is 2.15 bits per heavy atom. The van der Waals surface area contributed by atoms with Crippen molar-refractivity contribution in [3.63, 3.8) is 0 Å². The van der Waals surface area contributed by atoms with Crippen molar-refractivity contribution in [3.05, 3.63) is 10.6 Å². The molecule has 6 nitrogen and oxygen atoms in total. The topological polar surface area (TPSA) is 94.3 Å². The molecular weight excluding hydrogens is 278 g/mol. The Kier molecular flexibility index (Phi) is 5.65. The normalized spacial score (nSPS) is 10.3. The van der Waals surface area contributed by atoms with E-state index in [2.05, 4.69) is 11.1 Å². The summed E-state index contributed by atoms with van der Waals surface area (Å²) in [7, 11) is 0. The molecule has 0 aliphatic heterocycles. The van der Waals surface area contributed by atoms with E-state index in [1.54, 1.807) is 0 Å². The van der Waals surface area contributed by atoms with Crippen LogP contribution in [0.3, 0.4) is 0 Å². The van der Waals surface area contributed by atoms with Crippen LogP contribution in [0.15, 0.2) is 0 Å². The number of aromatic nitrogens is 1. The molecule has 0 aliphatic carbocycles. The first-order valence-electron chi connectivity index (χ1n) is 6.23. The van der Waals surface area contributed by atoms with Gasteiger partial charge in [0.25, 0.3) is 0 Å². The number of thiazole rings is 1. The van der Waals surface area contributed by atoms with Crippen molar-refractivity contribution in [2.24, 2.45) is 5.92 Å². The summed E-state index contributed by atoms with van der Waals surface area (Å²) in [5.41, 5.74) is -0.205. The predicted octanol–water partition coefficient (Wildman–Crippen LogP) is 2.42. The number of rotatable bonds is 7. The molecule has 7 heteroatoms. The van der Waals surface area contributed by atoms with Crippen molar-refractivity contribution in [3.8, 4) is 6.07 Å². The van der Waals surface area contributed by atoms with E-state index < -0.39 is 5.97 Å². The maximum atomic E-state index is 11.5. The number of nitrogens with zero attached hydrogens (tertiary/aromatic N) is 3. The second-order valence-corrected chi connectivity index (χ2v) is 5.76. The lowest BCUT2D eigenvalue weighted by Gasteiger charge is -2.22. The molecule has 1 heterocycles. The summed E-state index contributed by atoms with van der Waals surface area (Å²) in [5.74, 6) is -1.18. The zero-order valence-electron chi connectivity index (χ0n) is 11.7. The van der Waals surface area contributed by atoms with Gasteiger partial charge in [-0.1, -0.05) is 25.2 Å². The zero-order valence-corrected chi connectivity index (χ0v) is 12.5. The largest absolute Gasteiger partial charge is 0.476 e. The first-order chi connectivity index (χ1) is 9.36. The Bertz CT molecular complexity index is 514. The highest BCUT2D eigenvalue weighted by Crippen LogP contribution is 2.27. The van der Waals surface area contributed by atoms with Crippen LogP contribution in [0.5, 0.6) is 0 Å². The molecule has 0 aromatic carbocycles. The van der Waals surface area contributed by atoms with E-state index in [9.17, 15) is 9.59 Å². The lowest BCUT2D eigenvalue weighted by atomic mass is 10.2. The van der Waals surface area contributed by atoms with Crippen molar-refractivity contribution >= 4 is 28.2 Å². The number of aromatic carboxylic acids is 1. The summed E-state index contributed by atoms with van der Waals surface area (Å²) in [6, 6.07) is 2.06. The van der Waals surface area contributed by atoms with Gasteiger partial charge in [0.2, 0.25) is 0 Å². The maximum absolute atomic E-state index is 11.5. The Morgan fingerprint density at radius 3 is 2.55 bits per heavy atom. The number of hydrogen-bond donors (Lipinski definition) is 1. The molecular formula is C13H17N3O3S. The Labute approximate surface area is 121 Å². The number of carboxylic acid groups (broad SMARTS) is 1. The summed E-state index contributed by atoms with van der Waals surface area (Å²) >= 11 is 1.07. The van der Waals surface area contributed by atoms with E-state index in [-0.39, 0.29) is 16.4 Å². The third-order valence-corrected chi connectivity index (χ3v) is 3.70. The molecule has 0 radical (unpaired) electrons. The lowest BCUT2D eigenvalue weighted by molar-refractivity contribution is 0.0687. The van der Waals surface area contributed by atoms with E-state index in [0.29, 0.717) is 30.6 Å². The van der Waals surface area contributed by atoms with Gasteiger partial charge in [0.1, 0.15) is 4.88 Å². The summed E-state index contributed by atoms with van der Waals surface area (Å²) in [6.07, 6.45) is 0.324. The number of carbonyl (C=O) groups excluding carboxylic acids is 1. The van der Waals surface area contributed by atoms with Crippen molar-refractivity contribution < 1.29 is 14.7 Å². The molecule has 1 rings (SSSR count). The average molecular weight is 295 g/mol. The number of anilines is 1. The van der Waals surface area contributed by atoms with Gasteiger partial charge in [0.05, 0.1) is 12.5 Å². The van der Waals surface area contributed by atoms with E-state index in [1.165, 1.54) is 6.92 Å². The minimum Gasteiger partial charge on any atom is -0.476 e. The number of nitriles is 1. The van der Waals surface area contributed by atoms with Crippen LogP contribution in [0.4, 0.5) is 5.13 Å². The number of carboxylic acids is 1. The molecule has 0 spiro atoms. The third kappa shape index (κ3) is 4.03. The summed E-state index contributed by atoms with van der Waals surface area (Å²) < 4.78 is 0. The van der Waals surface area contributed by atoms with Gasteiger partial charge in [0, 0.05) is 20.0 Å². The maximum Gasteiger partial charge on any atom is 0.356 e. The van der Waals surface area contributed by atoms with Gasteiger partial charge >= 0.3 is 5.97 Å². The quantitative estimate of drug-likeness (QED) is 0.776. The van der Waals surface area contributed by atoms with E-state index in [0.717, 1.165) is 11.3 Å². The van der Waals surface area contributed by atoms with E-state index in [4.69, 9.17) is 10.4 Å². The number of ketones is 1. The van der Waals surface area contributed by atoms with E-state index >= 15 is 0 Å². The zero-order chi connectivity index (χ0) is 15.3. The summed E-state index contributed by atoms with van der Waals surface area (Å²) in [5, 5.41) is 18.3. The second kappa shape index (κ2) is 7.01. The SMILES string of the molecule is CC(=O)c1sc(N(CCC#N)CC(C)C)nc1C(=O)O. The minimum atomic E-state index is -1.21. The number of Topliss-reactive ketones (excluding diaryl/α,β-unsaturated/α-hetero) is 1. The van der Waals surface area contributed by atoms with Crippen LogP contribution in [-0.2, 0) is 0 Å². The van der Waals surface area contributed by atoms with Crippen molar-refractivity contribution in [2.75, 3.05) is 18.0 Å². The standard InChI is InChI=1S/C13H17N3O3S/c1-8(2)7-16(6-4-5-14)13-15-10(12(18)19)11(20-13)9(3)17/h8H,4,6-7H2,1-3H3,(H,18,19). The highest BCUT2D eigenvalue weighted by atomic mass is 32.1. The molecule has 0 saturated carbocycles. The van der Waals surface area contributed by atoms with Crippen molar-refractivity contribution in [1.82, 2.24) is 4.98 Å². The Morgan fingerprint density at radius 1 is 1.50 bits per heavy atom. The van der Waals surface area contributed by atoms with Gasteiger partial charge in [-0.25, -0.2) is 9.78 Å². The first-order valence-corrected chi connectivity index (χ1v) is 7.05. The molecule has 1 aromatic rings. The molecule has 0 unspecified atom stereocenters. The van der Waals surface area contributed by atoms with Crippen LogP contribution in [0.1, 0.15) is 47.4 Å². The number of carbonyl (C=O) groups is 2. The fourth-order valence-corrected chi connectivity index (χ4v) is 2.71. The van der Waals surface area contributed by atoms with Gasteiger partial charge in [-0.05, 0) is 5.92 Å². The molecule has 0 atom stereocenters. The summed E-state index contributed by atoms with van der Waals surface area (Å²) in [6.45, 7) is 6.50. The molecule has 1 N–H and O–H groups in total. The van der Waals surface area contributed by atoms with Crippen molar-refractivity contribution in [1.29, 1.82) is 5.26 Å². The van der Waals surface area contributed by atoms with E-state index in [1.807, 2.05) is 18.7 Å². The number of hydrogen-bond acceptors (Lipinski definition) is 6. The average Bonchev–Trinajstić information content (AvgIpc) is 2.79. The highest BCUT2D eigenvalue weighted by Gasteiger charge is 2.23. The predicted molar refractivity (Wildman–Crippen MR) is 76.4 cm³/mol. The Hall–Kier alpha value is -1.94. The van der Waals surface area contributed by atoms with Crippen LogP contribution < -0.4 is 4.90 Å². The van der Waals surface area contributed by atoms with Crippen LogP contribution in [0.2, 0.25) is 0 Å². The lowest BCUT2D eigenvalue weighted by Crippen LogP contribution is -2.28. The molecule has 0 fully saturated rings. The highest BCUT2D eigenvalue weighted by molar-refractivity contribution is 7.17. The molecule has 108 valence electrons. The van der Waals surface area contributed by atoms with Crippen LogP contribution >= 0.6 is 11.3 Å². The van der Waals surface area contributed by atoms with Gasteiger partial charge in [0.15, 0.2) is 16.6 Å². The van der Waals surface area contributed by atoms with Gasteiger partial charge in [-0.2, -0.15) is 5.26 Å². The molecule has 0 aliphatic rings. The van der Waals surface area contributed by atoms with Gasteiger partial charge < -0.3 is 10.0 Å². The van der Waals surface area contributed by atoms with Crippen LogP contribution in [0, 0.1) is 17.2 Å². The molecule has 0 amide bonds. The smallest absolute Gasteiger partial charge is 0.356 e. The molecule has 0 saturated heterocycles. The monoisotopic (exact) mass is 295 g/mol. The fourth-order valence-electron chi connectivity index (χ4n) is 1.72. The van der Waals surface area contributed by atoms with Crippen LogP contribution in [0.25, 0.3) is 0 Å². The fraction of sp³-hybridized carbons (Fsp3) is 0.538.